The lowest BCUT2D eigenvalue weighted by Gasteiger charge is -2.21. The Hall–Kier alpha value is -1.44. The van der Waals surface area contributed by atoms with Gasteiger partial charge in [-0.15, -0.1) is 0 Å². The summed E-state index contributed by atoms with van der Waals surface area (Å²) in [4.78, 5) is 32.9. The van der Waals surface area contributed by atoms with Gasteiger partial charge in [-0.25, -0.2) is 9.59 Å². The Morgan fingerprint density at radius 1 is 1.37 bits per heavy atom. The van der Waals surface area contributed by atoms with Crippen LogP contribution in [0.2, 0.25) is 0 Å². The van der Waals surface area contributed by atoms with Crippen molar-refractivity contribution in [1.82, 2.24) is 5.32 Å². The van der Waals surface area contributed by atoms with Crippen LogP contribution in [0.1, 0.15) is 27.2 Å². The Morgan fingerprint density at radius 3 is 2.37 bits per heavy atom. The molecule has 0 rings (SSSR count). The smallest absolute Gasteiger partial charge is 0.408 e. The van der Waals surface area contributed by atoms with E-state index in [1.54, 1.807) is 20.8 Å². The van der Waals surface area contributed by atoms with Crippen LogP contribution in [-0.4, -0.2) is 46.2 Å². The van der Waals surface area contributed by atoms with Crippen LogP contribution < -0.4 is 11.1 Å². The second kappa shape index (κ2) is 7.88. The molecule has 19 heavy (non-hydrogen) atoms. The maximum absolute atomic E-state index is 11.4. The standard InChI is InChI=1S/C11H20N2O5S/c1-11(2,3)18-10(17)13-7(9(15)16)4-5-19-6-8(12)14/h7H,4-6H2,1-3H3,(H2,12,14)(H,13,17)(H,15,16). The zero-order chi connectivity index (χ0) is 15.1. The first-order valence-electron chi connectivity index (χ1n) is 5.70. The van der Waals surface area contributed by atoms with Crippen LogP contribution in [0.25, 0.3) is 0 Å². The summed E-state index contributed by atoms with van der Waals surface area (Å²) in [6.45, 7) is 5.06. The van der Waals surface area contributed by atoms with Crippen molar-refractivity contribution in [3.05, 3.63) is 0 Å². The summed E-state index contributed by atoms with van der Waals surface area (Å²) >= 11 is 1.22. The molecular formula is C11H20N2O5S. The molecule has 8 heteroatoms. The van der Waals surface area contributed by atoms with Crippen molar-refractivity contribution in [3.8, 4) is 0 Å². The Balaban J connectivity index is 4.16. The molecule has 0 heterocycles. The van der Waals surface area contributed by atoms with Crippen molar-refractivity contribution in [2.45, 2.75) is 38.8 Å². The van der Waals surface area contributed by atoms with E-state index in [1.165, 1.54) is 11.8 Å². The van der Waals surface area contributed by atoms with E-state index in [0.29, 0.717) is 5.75 Å². The number of nitrogens with two attached hydrogens (primary N) is 1. The molecule has 0 aliphatic carbocycles. The minimum atomic E-state index is -1.15. The summed E-state index contributed by atoms with van der Waals surface area (Å²) < 4.78 is 4.97. The maximum atomic E-state index is 11.4. The quantitative estimate of drug-likeness (QED) is 0.590. The number of ether oxygens (including phenoxy) is 1. The topological polar surface area (TPSA) is 119 Å². The molecule has 0 saturated carbocycles. The summed E-state index contributed by atoms with van der Waals surface area (Å²) in [5.74, 6) is -1.09. The molecule has 1 unspecified atom stereocenters. The fourth-order valence-corrected chi connectivity index (χ4v) is 1.83. The van der Waals surface area contributed by atoms with Gasteiger partial charge in [0.05, 0.1) is 5.75 Å². The van der Waals surface area contributed by atoms with Gasteiger partial charge < -0.3 is 20.9 Å². The number of carbonyl (C=O) groups excluding carboxylic acids is 2. The zero-order valence-corrected chi connectivity index (χ0v) is 12.1. The third kappa shape index (κ3) is 10.2. The van der Waals surface area contributed by atoms with Gasteiger partial charge in [0, 0.05) is 0 Å². The molecule has 0 bridgehead atoms. The lowest BCUT2D eigenvalue weighted by molar-refractivity contribution is -0.139. The predicted molar refractivity (Wildman–Crippen MR) is 71.9 cm³/mol. The number of amides is 2. The molecule has 0 aromatic rings. The van der Waals surface area contributed by atoms with Crippen molar-refractivity contribution >= 4 is 29.7 Å². The highest BCUT2D eigenvalue weighted by Crippen LogP contribution is 2.09. The van der Waals surface area contributed by atoms with E-state index in [-0.39, 0.29) is 12.2 Å². The normalized spacial score (nSPS) is 12.6. The van der Waals surface area contributed by atoms with Gasteiger partial charge in [-0.05, 0) is 32.9 Å². The Morgan fingerprint density at radius 2 is 1.95 bits per heavy atom. The Labute approximate surface area is 116 Å². The first-order chi connectivity index (χ1) is 8.61. The van der Waals surface area contributed by atoms with Gasteiger partial charge in [0.25, 0.3) is 0 Å². The predicted octanol–water partition coefficient (Wildman–Crippen LogP) is 0.573. The summed E-state index contributed by atoms with van der Waals surface area (Å²) in [5.41, 5.74) is 4.27. The molecule has 0 aromatic heterocycles. The number of primary amides is 1. The van der Waals surface area contributed by atoms with Crippen molar-refractivity contribution in [2.24, 2.45) is 5.73 Å². The molecule has 110 valence electrons. The maximum Gasteiger partial charge on any atom is 0.408 e. The third-order valence-corrected chi connectivity index (χ3v) is 2.80. The molecule has 1 atom stereocenters. The van der Waals surface area contributed by atoms with Crippen molar-refractivity contribution < 1.29 is 24.2 Å². The number of alkyl carbamates (subject to hydrolysis) is 1. The number of rotatable bonds is 7. The largest absolute Gasteiger partial charge is 0.480 e. The monoisotopic (exact) mass is 292 g/mol. The van der Waals surface area contributed by atoms with Crippen LogP contribution in [0.15, 0.2) is 0 Å². The Bertz CT molecular complexity index is 340. The van der Waals surface area contributed by atoms with E-state index < -0.39 is 29.6 Å². The number of carbonyl (C=O) groups is 3. The SMILES string of the molecule is CC(C)(C)OC(=O)NC(CCSCC(N)=O)C(=O)O. The highest BCUT2D eigenvalue weighted by atomic mass is 32.2. The third-order valence-electron chi connectivity index (χ3n) is 1.78. The average molecular weight is 292 g/mol. The van der Waals surface area contributed by atoms with E-state index >= 15 is 0 Å². The van der Waals surface area contributed by atoms with E-state index in [4.69, 9.17) is 15.6 Å². The molecular weight excluding hydrogens is 272 g/mol. The second-order valence-electron chi connectivity index (χ2n) is 4.84. The summed E-state index contributed by atoms with van der Waals surface area (Å²) in [6, 6.07) is -1.05. The number of hydrogen-bond donors (Lipinski definition) is 3. The summed E-state index contributed by atoms with van der Waals surface area (Å²) in [7, 11) is 0. The van der Waals surface area contributed by atoms with Crippen LogP contribution >= 0.6 is 11.8 Å². The van der Waals surface area contributed by atoms with Crippen LogP contribution in [0.5, 0.6) is 0 Å². The lowest BCUT2D eigenvalue weighted by Crippen LogP contribution is -2.43. The van der Waals surface area contributed by atoms with Gasteiger partial charge in [0.1, 0.15) is 11.6 Å². The lowest BCUT2D eigenvalue weighted by atomic mass is 10.2. The van der Waals surface area contributed by atoms with Crippen LogP contribution in [0.4, 0.5) is 4.79 Å². The van der Waals surface area contributed by atoms with E-state index in [9.17, 15) is 14.4 Å². The molecule has 0 aliphatic rings. The van der Waals surface area contributed by atoms with Gasteiger partial charge >= 0.3 is 12.1 Å². The molecule has 0 fully saturated rings. The number of thioether (sulfide) groups is 1. The van der Waals surface area contributed by atoms with Gasteiger partial charge in [0.15, 0.2) is 0 Å². The molecule has 0 aliphatic heterocycles. The number of aliphatic carboxylic acids is 1. The zero-order valence-electron chi connectivity index (χ0n) is 11.3. The summed E-state index contributed by atoms with van der Waals surface area (Å²) in [5, 5.41) is 11.2. The number of hydrogen-bond acceptors (Lipinski definition) is 5. The first-order valence-corrected chi connectivity index (χ1v) is 6.85. The number of nitrogens with one attached hydrogen (secondary N) is 1. The Kier molecular flexibility index (Phi) is 7.28. The molecule has 0 aromatic carbocycles. The van der Waals surface area contributed by atoms with E-state index in [0.717, 1.165) is 0 Å². The first kappa shape index (κ1) is 17.6. The second-order valence-corrected chi connectivity index (χ2v) is 5.95. The minimum absolute atomic E-state index is 0.124. The number of carboxylic acids is 1. The number of carboxylic acid groups (broad SMARTS) is 1. The van der Waals surface area contributed by atoms with Crippen molar-refractivity contribution in [3.63, 3.8) is 0 Å². The molecule has 0 spiro atoms. The fourth-order valence-electron chi connectivity index (χ4n) is 1.08. The molecule has 2 amide bonds. The van der Waals surface area contributed by atoms with Gasteiger partial charge in [0.2, 0.25) is 5.91 Å². The molecule has 0 radical (unpaired) electrons. The summed E-state index contributed by atoms with van der Waals surface area (Å²) in [6.07, 6.45) is -0.591. The van der Waals surface area contributed by atoms with Crippen LogP contribution in [-0.2, 0) is 14.3 Å². The fraction of sp³-hybridized carbons (Fsp3) is 0.727. The molecule has 4 N–H and O–H groups in total. The van der Waals surface area contributed by atoms with Crippen LogP contribution in [0, 0.1) is 0 Å². The van der Waals surface area contributed by atoms with Gasteiger partial charge in [-0.3, -0.25) is 4.79 Å². The highest BCUT2D eigenvalue weighted by molar-refractivity contribution is 7.99. The van der Waals surface area contributed by atoms with Gasteiger partial charge in [-0.1, -0.05) is 0 Å². The van der Waals surface area contributed by atoms with E-state index in [1.807, 2.05) is 0 Å². The average Bonchev–Trinajstić information content (AvgIpc) is 2.19. The minimum Gasteiger partial charge on any atom is -0.480 e. The molecule has 7 nitrogen and oxygen atoms in total. The van der Waals surface area contributed by atoms with Crippen molar-refractivity contribution in [2.75, 3.05) is 11.5 Å². The highest BCUT2D eigenvalue weighted by Gasteiger charge is 2.23. The van der Waals surface area contributed by atoms with Crippen LogP contribution in [0.3, 0.4) is 0 Å². The van der Waals surface area contributed by atoms with Gasteiger partial charge in [-0.2, -0.15) is 11.8 Å². The molecule has 0 saturated heterocycles. The van der Waals surface area contributed by atoms with E-state index in [2.05, 4.69) is 5.32 Å². The van der Waals surface area contributed by atoms with Crippen molar-refractivity contribution in [1.29, 1.82) is 0 Å².